The Bertz CT molecular complexity index is 805. The molecular formula is C23H35N3O6. The highest BCUT2D eigenvalue weighted by molar-refractivity contribution is 5.77. The molecular weight excluding hydrogens is 414 g/mol. The molecule has 9 nitrogen and oxygen atoms in total. The molecule has 1 heterocycles. The highest BCUT2D eigenvalue weighted by Gasteiger charge is 2.31. The van der Waals surface area contributed by atoms with Gasteiger partial charge in [-0.05, 0) is 36.3 Å². The van der Waals surface area contributed by atoms with Gasteiger partial charge in [-0.15, -0.1) is 0 Å². The first-order valence-corrected chi connectivity index (χ1v) is 11.1. The summed E-state index contributed by atoms with van der Waals surface area (Å²) in [4.78, 5) is 39.3. The maximum absolute atomic E-state index is 12.1. The molecule has 9 heteroatoms. The Balaban J connectivity index is 2.29. The molecule has 32 heavy (non-hydrogen) atoms. The summed E-state index contributed by atoms with van der Waals surface area (Å²) >= 11 is 0. The van der Waals surface area contributed by atoms with Crippen LogP contribution in [0.5, 0.6) is 0 Å². The standard InChI is InChI=1S/C23H35N3O6/c1-16(2)14-25(19-8-10-24(11-9-19)22(27)15-31-4)20-7-6-18(13-21(20)26(29)30)17(3)12-23(28)32-5/h6-7,13,16-17,19H,8-12,14-15H2,1-5H3/t17-/m1/s1. The number of nitro benzene ring substituents is 1. The minimum atomic E-state index is -0.353. The van der Waals surface area contributed by atoms with Crippen molar-refractivity contribution in [1.82, 2.24) is 4.90 Å². The SMILES string of the molecule is COCC(=O)N1CCC(N(CC(C)C)c2ccc([C@H](C)CC(=O)OC)cc2[N+](=O)[O-])CC1. The number of ether oxygens (including phenoxy) is 2. The number of nitrogens with zero attached hydrogens (tertiary/aromatic N) is 3. The van der Waals surface area contributed by atoms with Crippen LogP contribution in [0.3, 0.4) is 0 Å². The predicted octanol–water partition coefficient (Wildman–Crippen LogP) is 3.36. The van der Waals surface area contributed by atoms with Gasteiger partial charge in [0.25, 0.3) is 5.69 Å². The average molecular weight is 450 g/mol. The molecule has 1 aliphatic heterocycles. The molecule has 0 bridgehead atoms. The molecule has 0 radical (unpaired) electrons. The molecule has 1 aliphatic rings. The molecule has 0 saturated carbocycles. The highest BCUT2D eigenvalue weighted by atomic mass is 16.6. The Morgan fingerprint density at radius 2 is 1.88 bits per heavy atom. The third kappa shape index (κ3) is 6.66. The van der Waals surface area contributed by atoms with Crippen molar-refractivity contribution in [3.8, 4) is 0 Å². The minimum Gasteiger partial charge on any atom is -0.469 e. The molecule has 1 fully saturated rings. The number of likely N-dealkylation sites (tertiary alicyclic amines) is 1. The molecule has 0 unspecified atom stereocenters. The van der Waals surface area contributed by atoms with Gasteiger partial charge in [0, 0.05) is 38.9 Å². The number of amides is 1. The molecule has 0 spiro atoms. The zero-order chi connectivity index (χ0) is 23.8. The zero-order valence-electron chi connectivity index (χ0n) is 19.7. The second-order valence-electron chi connectivity index (χ2n) is 8.78. The van der Waals surface area contributed by atoms with Gasteiger partial charge in [-0.2, -0.15) is 0 Å². The van der Waals surface area contributed by atoms with Crippen molar-refractivity contribution in [3.63, 3.8) is 0 Å². The normalized spacial score (nSPS) is 15.5. The monoisotopic (exact) mass is 449 g/mol. The first kappa shape index (κ1) is 25.6. The van der Waals surface area contributed by atoms with Crippen LogP contribution < -0.4 is 4.90 Å². The van der Waals surface area contributed by atoms with Crippen molar-refractivity contribution in [2.45, 2.75) is 52.0 Å². The van der Waals surface area contributed by atoms with Gasteiger partial charge >= 0.3 is 5.97 Å². The quantitative estimate of drug-likeness (QED) is 0.307. The summed E-state index contributed by atoms with van der Waals surface area (Å²) in [6.07, 6.45) is 1.64. The Hall–Kier alpha value is -2.68. The fraction of sp³-hybridized carbons (Fsp3) is 0.652. The third-order valence-corrected chi connectivity index (χ3v) is 5.86. The van der Waals surface area contributed by atoms with E-state index in [-0.39, 0.29) is 47.5 Å². The highest BCUT2D eigenvalue weighted by Crippen LogP contribution is 2.36. The van der Waals surface area contributed by atoms with Gasteiger partial charge < -0.3 is 19.3 Å². The number of benzene rings is 1. The van der Waals surface area contributed by atoms with E-state index < -0.39 is 0 Å². The van der Waals surface area contributed by atoms with Crippen LogP contribution in [-0.2, 0) is 19.1 Å². The van der Waals surface area contributed by atoms with E-state index in [0.29, 0.717) is 31.2 Å². The van der Waals surface area contributed by atoms with Crippen molar-refractivity contribution < 1.29 is 24.0 Å². The molecule has 0 aromatic heterocycles. The summed E-state index contributed by atoms with van der Waals surface area (Å²) < 4.78 is 9.68. The van der Waals surface area contributed by atoms with Crippen LogP contribution in [-0.4, -0.2) is 68.2 Å². The summed E-state index contributed by atoms with van der Waals surface area (Å²) in [5, 5.41) is 12.0. The van der Waals surface area contributed by atoms with Crippen LogP contribution >= 0.6 is 0 Å². The number of hydrogen-bond acceptors (Lipinski definition) is 7. The van der Waals surface area contributed by atoms with Crippen LogP contribution in [0.25, 0.3) is 0 Å². The Labute approximate surface area is 189 Å². The molecule has 1 atom stereocenters. The van der Waals surface area contributed by atoms with Crippen LogP contribution in [0.15, 0.2) is 18.2 Å². The van der Waals surface area contributed by atoms with Crippen LogP contribution in [0, 0.1) is 16.0 Å². The fourth-order valence-corrected chi connectivity index (χ4v) is 4.17. The van der Waals surface area contributed by atoms with Crippen molar-refractivity contribution >= 4 is 23.3 Å². The molecule has 1 amide bonds. The van der Waals surface area contributed by atoms with E-state index in [9.17, 15) is 19.7 Å². The number of methoxy groups -OCH3 is 2. The van der Waals surface area contributed by atoms with Crippen molar-refractivity contribution in [3.05, 3.63) is 33.9 Å². The first-order chi connectivity index (χ1) is 15.2. The number of piperidine rings is 1. The van der Waals surface area contributed by atoms with E-state index in [4.69, 9.17) is 9.47 Å². The average Bonchev–Trinajstić information content (AvgIpc) is 2.77. The van der Waals surface area contributed by atoms with Gasteiger partial charge in [0.1, 0.15) is 12.3 Å². The predicted molar refractivity (Wildman–Crippen MR) is 122 cm³/mol. The smallest absolute Gasteiger partial charge is 0.306 e. The van der Waals surface area contributed by atoms with Crippen molar-refractivity contribution in [1.29, 1.82) is 0 Å². The molecule has 0 aliphatic carbocycles. The van der Waals surface area contributed by atoms with Crippen LogP contribution in [0.2, 0.25) is 0 Å². The van der Waals surface area contributed by atoms with E-state index >= 15 is 0 Å². The second-order valence-corrected chi connectivity index (χ2v) is 8.78. The Morgan fingerprint density at radius 3 is 2.41 bits per heavy atom. The lowest BCUT2D eigenvalue weighted by atomic mass is 9.95. The molecule has 0 N–H and O–H groups in total. The topological polar surface area (TPSA) is 102 Å². The molecule has 1 aromatic rings. The van der Waals surface area contributed by atoms with Gasteiger partial charge in [-0.3, -0.25) is 19.7 Å². The van der Waals surface area contributed by atoms with Crippen molar-refractivity contribution in [2.75, 3.05) is 45.4 Å². The number of anilines is 1. The van der Waals surface area contributed by atoms with E-state index in [2.05, 4.69) is 18.7 Å². The number of carbonyl (C=O) groups excluding carboxylic acids is 2. The Kier molecular flexibility index (Phi) is 9.43. The number of nitro groups is 1. The third-order valence-electron chi connectivity index (χ3n) is 5.86. The first-order valence-electron chi connectivity index (χ1n) is 11.1. The minimum absolute atomic E-state index is 0.0312. The van der Waals surface area contributed by atoms with Crippen molar-refractivity contribution in [2.24, 2.45) is 5.92 Å². The maximum atomic E-state index is 12.1. The summed E-state index contributed by atoms with van der Waals surface area (Å²) in [6, 6.07) is 5.33. The molecule has 1 aromatic carbocycles. The summed E-state index contributed by atoms with van der Waals surface area (Å²) in [5.74, 6) is -0.263. The number of hydrogen-bond donors (Lipinski definition) is 0. The van der Waals surface area contributed by atoms with Gasteiger partial charge in [-0.25, -0.2) is 0 Å². The summed E-state index contributed by atoms with van der Waals surface area (Å²) in [5.41, 5.74) is 1.35. The lowest BCUT2D eigenvalue weighted by Gasteiger charge is -2.40. The van der Waals surface area contributed by atoms with E-state index in [0.717, 1.165) is 18.4 Å². The van der Waals surface area contributed by atoms with Gasteiger partial charge in [0.2, 0.25) is 5.91 Å². The molecule has 2 rings (SSSR count). The van der Waals surface area contributed by atoms with Gasteiger partial charge in [-0.1, -0.05) is 26.8 Å². The number of carbonyl (C=O) groups is 2. The summed E-state index contributed by atoms with van der Waals surface area (Å²) in [7, 11) is 2.84. The van der Waals surface area contributed by atoms with Gasteiger partial charge in [0.15, 0.2) is 0 Å². The van der Waals surface area contributed by atoms with Gasteiger partial charge in [0.05, 0.1) is 18.5 Å². The number of rotatable bonds is 10. The second kappa shape index (κ2) is 11.8. The van der Waals surface area contributed by atoms with E-state index in [1.54, 1.807) is 17.0 Å². The lowest BCUT2D eigenvalue weighted by Crippen LogP contribution is -2.48. The maximum Gasteiger partial charge on any atom is 0.306 e. The number of esters is 1. The molecule has 178 valence electrons. The Morgan fingerprint density at radius 1 is 1.22 bits per heavy atom. The zero-order valence-corrected chi connectivity index (χ0v) is 19.7. The van der Waals surface area contributed by atoms with E-state index in [1.165, 1.54) is 14.2 Å². The molecule has 1 saturated heterocycles. The van der Waals surface area contributed by atoms with Crippen LogP contribution in [0.1, 0.15) is 51.5 Å². The lowest BCUT2D eigenvalue weighted by molar-refractivity contribution is -0.384. The fourth-order valence-electron chi connectivity index (χ4n) is 4.17. The summed E-state index contributed by atoms with van der Waals surface area (Å²) in [6.45, 7) is 7.97. The van der Waals surface area contributed by atoms with Crippen LogP contribution in [0.4, 0.5) is 11.4 Å². The largest absolute Gasteiger partial charge is 0.469 e. The van der Waals surface area contributed by atoms with E-state index in [1.807, 2.05) is 13.0 Å².